The Hall–Kier alpha value is -1.19. The van der Waals surface area contributed by atoms with Gasteiger partial charge in [-0.15, -0.1) is 0 Å². The maximum atomic E-state index is 10.3. The van der Waals surface area contributed by atoms with Gasteiger partial charge in [-0.3, -0.25) is 0 Å². The minimum atomic E-state index is -0.164. The van der Waals surface area contributed by atoms with E-state index in [-0.39, 0.29) is 11.6 Å². The molecule has 0 saturated heterocycles. The third-order valence-corrected chi connectivity index (χ3v) is 3.36. The number of carbonyl (C=O) groups is 1. The topological polar surface area (TPSA) is 52.3 Å². The number of carbonyl (C=O) groups excluding carboxylic acids is 1. The first-order chi connectivity index (χ1) is 8.22. The molecule has 92 valence electrons. The van der Waals surface area contributed by atoms with Crippen LogP contribution in [0, 0.1) is 0 Å². The Labute approximate surface area is 102 Å². The van der Waals surface area contributed by atoms with E-state index < -0.39 is 0 Å². The van der Waals surface area contributed by atoms with Crippen molar-refractivity contribution >= 4 is 6.29 Å². The predicted octanol–water partition coefficient (Wildman–Crippen LogP) is 2.04. The lowest BCUT2D eigenvalue weighted by Crippen LogP contribution is -2.55. The highest BCUT2D eigenvalue weighted by Crippen LogP contribution is 2.36. The quantitative estimate of drug-likeness (QED) is 0.765. The molecule has 0 heterocycles. The average Bonchev–Trinajstić information content (AvgIpc) is 2.32. The Bertz CT molecular complexity index is 358. The Kier molecular flexibility index (Phi) is 3.92. The van der Waals surface area contributed by atoms with E-state index in [9.17, 15) is 4.79 Å². The molecular weight excluding hydrogens is 214 g/mol. The van der Waals surface area contributed by atoms with Crippen molar-refractivity contribution in [3.63, 3.8) is 0 Å². The van der Waals surface area contributed by atoms with Crippen molar-refractivity contribution in [1.82, 2.24) is 0 Å². The van der Waals surface area contributed by atoms with Crippen LogP contribution < -0.4 is 5.73 Å². The van der Waals surface area contributed by atoms with Gasteiger partial charge in [0.1, 0.15) is 6.29 Å². The Balaban J connectivity index is 1.69. The van der Waals surface area contributed by atoms with Gasteiger partial charge in [-0.25, -0.2) is 0 Å². The van der Waals surface area contributed by atoms with E-state index in [2.05, 4.69) is 12.1 Å². The van der Waals surface area contributed by atoms with E-state index >= 15 is 0 Å². The van der Waals surface area contributed by atoms with Crippen LogP contribution >= 0.6 is 0 Å². The van der Waals surface area contributed by atoms with Gasteiger partial charge in [-0.1, -0.05) is 30.3 Å². The predicted molar refractivity (Wildman–Crippen MR) is 66.5 cm³/mol. The monoisotopic (exact) mass is 233 g/mol. The number of rotatable bonds is 6. The summed E-state index contributed by atoms with van der Waals surface area (Å²) < 4.78 is 5.77. The molecule has 2 N–H and O–H groups in total. The molecule has 1 fully saturated rings. The molecule has 0 radical (unpaired) electrons. The fourth-order valence-corrected chi connectivity index (χ4v) is 2.30. The van der Waals surface area contributed by atoms with Crippen molar-refractivity contribution in [1.29, 1.82) is 0 Å². The second-order valence-electron chi connectivity index (χ2n) is 4.89. The number of aldehydes is 1. The summed E-state index contributed by atoms with van der Waals surface area (Å²) in [6.45, 7) is 0.648. The zero-order valence-corrected chi connectivity index (χ0v) is 9.97. The highest BCUT2D eigenvalue weighted by Gasteiger charge is 2.40. The molecule has 1 aliphatic rings. The molecular formula is C14H19NO2. The molecule has 1 aliphatic carbocycles. The largest absolute Gasteiger partial charge is 0.373 e. The Morgan fingerprint density at radius 1 is 1.35 bits per heavy atom. The van der Waals surface area contributed by atoms with Gasteiger partial charge in [-0.2, -0.15) is 0 Å². The number of ether oxygens (including phenoxy) is 1. The van der Waals surface area contributed by atoms with E-state index in [1.54, 1.807) is 0 Å². The van der Waals surface area contributed by atoms with Crippen LogP contribution in [-0.2, 0) is 16.1 Å². The van der Waals surface area contributed by atoms with Gasteiger partial charge in [-0.05, 0) is 24.8 Å². The van der Waals surface area contributed by atoms with Crippen molar-refractivity contribution in [2.24, 2.45) is 5.73 Å². The smallest absolute Gasteiger partial charge is 0.120 e. The molecule has 1 aromatic rings. The highest BCUT2D eigenvalue weighted by molar-refractivity contribution is 5.49. The Morgan fingerprint density at radius 2 is 2.06 bits per heavy atom. The van der Waals surface area contributed by atoms with Crippen molar-refractivity contribution in [2.45, 2.75) is 43.9 Å². The fourth-order valence-electron chi connectivity index (χ4n) is 2.30. The summed E-state index contributed by atoms with van der Waals surface area (Å²) in [4.78, 5) is 10.3. The van der Waals surface area contributed by atoms with Crippen molar-refractivity contribution in [3.05, 3.63) is 35.9 Å². The third-order valence-electron chi connectivity index (χ3n) is 3.36. The van der Waals surface area contributed by atoms with Crippen molar-refractivity contribution < 1.29 is 9.53 Å². The first-order valence-electron chi connectivity index (χ1n) is 6.10. The average molecular weight is 233 g/mol. The molecule has 0 aromatic heterocycles. The molecule has 0 spiro atoms. The van der Waals surface area contributed by atoms with Gasteiger partial charge in [0.25, 0.3) is 0 Å². The maximum Gasteiger partial charge on any atom is 0.120 e. The summed E-state index contributed by atoms with van der Waals surface area (Å²) in [5.41, 5.74) is 7.13. The summed E-state index contributed by atoms with van der Waals surface area (Å²) >= 11 is 0. The van der Waals surface area contributed by atoms with Crippen molar-refractivity contribution in [2.75, 3.05) is 0 Å². The third kappa shape index (κ3) is 3.38. The lowest BCUT2D eigenvalue weighted by atomic mass is 9.72. The molecule has 2 rings (SSSR count). The second kappa shape index (κ2) is 5.43. The van der Waals surface area contributed by atoms with Gasteiger partial charge in [0.2, 0.25) is 0 Å². The van der Waals surface area contributed by atoms with E-state index in [4.69, 9.17) is 10.5 Å². The van der Waals surface area contributed by atoms with Gasteiger partial charge in [0, 0.05) is 12.0 Å². The van der Waals surface area contributed by atoms with Crippen LogP contribution in [0.4, 0.5) is 0 Å². The normalized spacial score (nSPS) is 27.5. The molecule has 1 aromatic carbocycles. The van der Waals surface area contributed by atoms with E-state index in [0.29, 0.717) is 13.0 Å². The molecule has 0 atom stereocenters. The summed E-state index contributed by atoms with van der Waals surface area (Å²) in [5, 5.41) is 0. The second-order valence-corrected chi connectivity index (χ2v) is 4.89. The van der Waals surface area contributed by atoms with Crippen molar-refractivity contribution in [3.8, 4) is 0 Å². The molecule has 0 amide bonds. The van der Waals surface area contributed by atoms with Gasteiger partial charge in [0.05, 0.1) is 12.7 Å². The molecule has 0 aliphatic heterocycles. The van der Waals surface area contributed by atoms with E-state index in [1.807, 2.05) is 18.2 Å². The van der Waals surface area contributed by atoms with Crippen LogP contribution in [0.3, 0.4) is 0 Å². The number of benzene rings is 1. The molecule has 3 nitrogen and oxygen atoms in total. The highest BCUT2D eigenvalue weighted by atomic mass is 16.5. The standard InChI is InChI=1S/C14H19NO2/c15-14(7-4-8-16)9-13(10-14)17-11-12-5-2-1-3-6-12/h1-3,5-6,8,13H,4,7,9-11,15H2. The van der Waals surface area contributed by atoms with Crippen LogP contribution in [0.15, 0.2) is 30.3 Å². The lowest BCUT2D eigenvalue weighted by molar-refractivity contribution is -0.109. The number of hydrogen-bond acceptors (Lipinski definition) is 3. The fraction of sp³-hybridized carbons (Fsp3) is 0.500. The molecule has 0 bridgehead atoms. The number of nitrogens with two attached hydrogens (primary N) is 1. The van der Waals surface area contributed by atoms with Crippen LogP contribution in [0.2, 0.25) is 0 Å². The first-order valence-corrected chi connectivity index (χ1v) is 6.10. The van der Waals surface area contributed by atoms with E-state index in [1.165, 1.54) is 5.56 Å². The molecule has 3 heteroatoms. The van der Waals surface area contributed by atoms with Crippen LogP contribution in [0.5, 0.6) is 0 Å². The molecule has 17 heavy (non-hydrogen) atoms. The van der Waals surface area contributed by atoms with Gasteiger partial charge in [0.15, 0.2) is 0 Å². The summed E-state index contributed by atoms with van der Waals surface area (Å²) in [7, 11) is 0. The number of hydrogen-bond donors (Lipinski definition) is 1. The SMILES string of the molecule is NC1(CCC=O)CC(OCc2ccccc2)C1. The summed E-state index contributed by atoms with van der Waals surface area (Å²) in [5.74, 6) is 0. The summed E-state index contributed by atoms with van der Waals surface area (Å²) in [6.07, 6.45) is 4.27. The zero-order chi connectivity index (χ0) is 12.1. The van der Waals surface area contributed by atoms with Crippen LogP contribution in [0.25, 0.3) is 0 Å². The molecule has 1 saturated carbocycles. The van der Waals surface area contributed by atoms with Gasteiger partial charge >= 0.3 is 0 Å². The zero-order valence-electron chi connectivity index (χ0n) is 9.97. The van der Waals surface area contributed by atoms with Crippen LogP contribution in [0.1, 0.15) is 31.2 Å². The molecule has 0 unspecified atom stereocenters. The van der Waals surface area contributed by atoms with Gasteiger partial charge < -0.3 is 15.3 Å². The maximum absolute atomic E-state index is 10.3. The minimum Gasteiger partial charge on any atom is -0.373 e. The first kappa shape index (κ1) is 12.3. The summed E-state index contributed by atoms with van der Waals surface area (Å²) in [6, 6.07) is 10.1. The van der Waals surface area contributed by atoms with Crippen LogP contribution in [-0.4, -0.2) is 17.9 Å². The van der Waals surface area contributed by atoms with E-state index in [0.717, 1.165) is 25.5 Å². The minimum absolute atomic E-state index is 0.164. The lowest BCUT2D eigenvalue weighted by Gasteiger charge is -2.44. The Morgan fingerprint density at radius 3 is 2.71 bits per heavy atom.